The van der Waals surface area contributed by atoms with Crippen LogP contribution in [0.25, 0.3) is 28.0 Å². The van der Waals surface area contributed by atoms with Gasteiger partial charge in [-0.2, -0.15) is 5.26 Å². The van der Waals surface area contributed by atoms with Crippen LogP contribution in [0.15, 0.2) is 97.1 Å². The molecule has 0 atom stereocenters. The average molecular weight is 642 g/mol. The van der Waals surface area contributed by atoms with Crippen molar-refractivity contribution in [1.82, 2.24) is 0 Å². The van der Waals surface area contributed by atoms with Crippen molar-refractivity contribution in [2.45, 2.75) is 63.4 Å². The van der Waals surface area contributed by atoms with E-state index in [1.165, 1.54) is 77.5 Å². The lowest BCUT2D eigenvalue weighted by Crippen LogP contribution is -2.35. The SMILES string of the molecule is CC1(C)c2cc(C#N)ccc2-c2c1c1c(c3ccccc23)OC(c2ccc(N3CCCCC3)cc2)(c2ccc(N3CCCCC3)cc2)C=C1. The first-order valence-corrected chi connectivity index (χ1v) is 18.2. The summed E-state index contributed by atoms with van der Waals surface area (Å²) in [7, 11) is 0. The van der Waals surface area contributed by atoms with Gasteiger partial charge in [0.15, 0.2) is 5.60 Å². The summed E-state index contributed by atoms with van der Waals surface area (Å²) >= 11 is 0. The van der Waals surface area contributed by atoms with Gasteiger partial charge in [-0.15, -0.1) is 0 Å². The molecule has 0 saturated carbocycles. The highest BCUT2D eigenvalue weighted by atomic mass is 16.5. The Morgan fingerprint density at radius 2 is 1.24 bits per heavy atom. The van der Waals surface area contributed by atoms with Gasteiger partial charge in [-0.25, -0.2) is 0 Å². The van der Waals surface area contributed by atoms with Gasteiger partial charge in [-0.05, 0) is 109 Å². The summed E-state index contributed by atoms with van der Waals surface area (Å²) < 4.78 is 7.57. The van der Waals surface area contributed by atoms with Crippen molar-refractivity contribution in [2.24, 2.45) is 0 Å². The van der Waals surface area contributed by atoms with E-state index in [-0.39, 0.29) is 5.41 Å². The van der Waals surface area contributed by atoms with Crippen molar-refractivity contribution in [3.05, 3.63) is 130 Å². The van der Waals surface area contributed by atoms with Crippen molar-refractivity contribution >= 4 is 28.2 Å². The fraction of sp³-hybridized carbons (Fsp3) is 0.311. The average Bonchev–Trinajstić information content (AvgIpc) is 3.41. The van der Waals surface area contributed by atoms with Crippen LogP contribution < -0.4 is 14.5 Å². The maximum atomic E-state index is 9.79. The lowest BCUT2D eigenvalue weighted by molar-refractivity contribution is 0.163. The van der Waals surface area contributed by atoms with E-state index in [2.05, 4.69) is 127 Å². The zero-order valence-electron chi connectivity index (χ0n) is 28.6. The third-order valence-corrected chi connectivity index (χ3v) is 11.7. The molecule has 2 saturated heterocycles. The Kier molecular flexibility index (Phi) is 7.09. The Hall–Kier alpha value is -5.01. The number of hydrogen-bond acceptors (Lipinski definition) is 4. The zero-order valence-corrected chi connectivity index (χ0v) is 28.6. The maximum absolute atomic E-state index is 9.79. The fourth-order valence-electron chi connectivity index (χ4n) is 9.13. The van der Waals surface area contributed by atoms with Crippen LogP contribution in [0.5, 0.6) is 5.75 Å². The van der Waals surface area contributed by atoms with E-state index < -0.39 is 5.60 Å². The topological polar surface area (TPSA) is 39.5 Å². The first-order chi connectivity index (χ1) is 24.0. The van der Waals surface area contributed by atoms with Gasteiger partial charge >= 0.3 is 0 Å². The number of anilines is 2. The molecule has 5 aromatic rings. The molecule has 0 radical (unpaired) electrons. The highest BCUT2D eigenvalue weighted by molar-refractivity contribution is 6.08. The number of fused-ring (bicyclic) bond motifs is 8. The van der Waals surface area contributed by atoms with Crippen LogP contribution >= 0.6 is 0 Å². The highest BCUT2D eigenvalue weighted by Gasteiger charge is 2.44. The quantitative estimate of drug-likeness (QED) is 0.196. The monoisotopic (exact) mass is 641 g/mol. The number of ether oxygens (including phenoxy) is 1. The van der Waals surface area contributed by atoms with Gasteiger partial charge in [0.05, 0.1) is 11.6 Å². The van der Waals surface area contributed by atoms with E-state index in [4.69, 9.17) is 4.74 Å². The second kappa shape index (κ2) is 11.6. The van der Waals surface area contributed by atoms with Crippen LogP contribution in [-0.2, 0) is 11.0 Å². The Balaban J connectivity index is 1.22. The molecule has 0 spiro atoms. The Labute approximate surface area is 290 Å². The smallest absolute Gasteiger partial charge is 0.178 e. The van der Waals surface area contributed by atoms with E-state index in [1.54, 1.807) is 0 Å². The lowest BCUT2D eigenvalue weighted by atomic mass is 9.76. The summed E-state index contributed by atoms with van der Waals surface area (Å²) in [6, 6.07) is 35.6. The van der Waals surface area contributed by atoms with E-state index in [0.29, 0.717) is 5.56 Å². The number of benzene rings is 5. The third-order valence-electron chi connectivity index (χ3n) is 11.7. The van der Waals surface area contributed by atoms with E-state index in [9.17, 15) is 5.26 Å². The molecule has 4 aliphatic rings. The van der Waals surface area contributed by atoms with E-state index in [0.717, 1.165) is 54.0 Å². The molecule has 0 bridgehead atoms. The third kappa shape index (κ3) is 4.70. The molecule has 244 valence electrons. The van der Waals surface area contributed by atoms with Crippen molar-refractivity contribution < 1.29 is 4.74 Å². The van der Waals surface area contributed by atoms with Crippen LogP contribution in [0.2, 0.25) is 0 Å². The molecule has 0 unspecified atom stereocenters. The normalized spacial score (nSPS) is 18.7. The molecule has 9 rings (SSSR count). The molecule has 3 heterocycles. The molecule has 49 heavy (non-hydrogen) atoms. The van der Waals surface area contributed by atoms with Crippen LogP contribution in [0.1, 0.15) is 85.8 Å². The zero-order chi connectivity index (χ0) is 33.2. The number of nitrogens with zero attached hydrogens (tertiary/aromatic N) is 3. The standard InChI is InChI=1S/C45H43N3O/c1-44(2)40-29-31(30-46)13-22-38(40)41-36-11-5-6-12-37(36)43-39(42(41)44)23-24-45(49-43,32-14-18-34(19-15-32)47-25-7-3-8-26-47)33-16-20-35(21-17-33)48-27-9-4-10-28-48/h5-6,11-24,29H,3-4,7-10,25-28H2,1-2H3. The first-order valence-electron chi connectivity index (χ1n) is 18.2. The molecular formula is C45H43N3O. The number of nitriles is 1. The molecule has 0 aromatic heterocycles. The summed E-state index contributed by atoms with van der Waals surface area (Å²) in [6.45, 7) is 9.08. The highest BCUT2D eigenvalue weighted by Crippen LogP contribution is 2.58. The summed E-state index contributed by atoms with van der Waals surface area (Å²) in [5.74, 6) is 0.929. The van der Waals surface area contributed by atoms with Gasteiger partial charge in [0.1, 0.15) is 5.75 Å². The van der Waals surface area contributed by atoms with Crippen LogP contribution in [-0.4, -0.2) is 26.2 Å². The number of rotatable bonds is 4. The molecular weight excluding hydrogens is 599 g/mol. The second-order valence-corrected chi connectivity index (χ2v) is 14.9. The van der Waals surface area contributed by atoms with E-state index >= 15 is 0 Å². The minimum absolute atomic E-state index is 0.300. The van der Waals surface area contributed by atoms with Gasteiger partial charge in [-0.1, -0.05) is 74.5 Å². The van der Waals surface area contributed by atoms with Crippen molar-refractivity contribution in [3.63, 3.8) is 0 Å². The molecule has 4 nitrogen and oxygen atoms in total. The summed E-state index contributed by atoms with van der Waals surface area (Å²) in [6.07, 6.45) is 12.3. The largest absolute Gasteiger partial charge is 0.472 e. The molecule has 1 aliphatic carbocycles. The van der Waals surface area contributed by atoms with Gasteiger partial charge in [0.25, 0.3) is 0 Å². The Morgan fingerprint density at radius 1 is 0.673 bits per heavy atom. The summed E-state index contributed by atoms with van der Waals surface area (Å²) in [5.41, 5.74) is 10.5. The molecule has 5 aromatic carbocycles. The van der Waals surface area contributed by atoms with E-state index in [1.807, 2.05) is 6.07 Å². The summed E-state index contributed by atoms with van der Waals surface area (Å²) in [5, 5.41) is 12.1. The maximum Gasteiger partial charge on any atom is 0.178 e. The molecule has 4 heteroatoms. The summed E-state index contributed by atoms with van der Waals surface area (Å²) in [4.78, 5) is 5.04. The number of hydrogen-bond donors (Lipinski definition) is 0. The molecule has 2 fully saturated rings. The van der Waals surface area contributed by atoms with Crippen LogP contribution in [0.4, 0.5) is 11.4 Å². The minimum Gasteiger partial charge on any atom is -0.472 e. The predicted molar refractivity (Wildman–Crippen MR) is 202 cm³/mol. The van der Waals surface area contributed by atoms with Crippen LogP contribution in [0, 0.1) is 11.3 Å². The predicted octanol–water partition coefficient (Wildman–Crippen LogP) is 10.3. The first kappa shape index (κ1) is 30.1. The van der Waals surface area contributed by atoms with Gasteiger partial charge in [0.2, 0.25) is 0 Å². The van der Waals surface area contributed by atoms with Crippen molar-refractivity contribution in [1.29, 1.82) is 5.26 Å². The minimum atomic E-state index is -0.797. The molecule has 3 aliphatic heterocycles. The number of piperidine rings is 2. The van der Waals surface area contributed by atoms with Gasteiger partial charge < -0.3 is 14.5 Å². The van der Waals surface area contributed by atoms with Gasteiger partial charge in [-0.3, -0.25) is 0 Å². The van der Waals surface area contributed by atoms with Crippen LogP contribution in [0.3, 0.4) is 0 Å². The molecule has 0 amide bonds. The molecule has 0 N–H and O–H groups in total. The Morgan fingerprint density at radius 3 is 1.82 bits per heavy atom. The fourth-order valence-corrected chi connectivity index (χ4v) is 9.13. The van der Waals surface area contributed by atoms with Gasteiger partial charge in [0, 0.05) is 65.0 Å². The lowest BCUT2D eigenvalue weighted by Gasteiger charge is -2.39. The van der Waals surface area contributed by atoms with Crippen molar-refractivity contribution in [3.8, 4) is 22.9 Å². The van der Waals surface area contributed by atoms with Crippen molar-refractivity contribution in [2.75, 3.05) is 36.0 Å². The second-order valence-electron chi connectivity index (χ2n) is 14.9. The Bertz CT molecular complexity index is 2080.